The maximum Gasteiger partial charge on any atom is 0.390 e. The van der Waals surface area contributed by atoms with Crippen LogP contribution in [0.2, 0.25) is 0 Å². The summed E-state index contributed by atoms with van der Waals surface area (Å²) in [7, 11) is 0. The Morgan fingerprint density at radius 2 is 1.72 bits per heavy atom. The Kier molecular flexibility index (Phi) is 6.23. The molecule has 32 heavy (non-hydrogen) atoms. The average Bonchev–Trinajstić information content (AvgIpc) is 3.35. The highest BCUT2D eigenvalue weighted by molar-refractivity contribution is 5.92. The van der Waals surface area contributed by atoms with Crippen LogP contribution in [0.25, 0.3) is 0 Å². The van der Waals surface area contributed by atoms with Crippen LogP contribution in [-0.2, 0) is 11.3 Å². The number of carbonyl (C=O) groups excluding carboxylic acids is 1. The van der Waals surface area contributed by atoms with E-state index in [2.05, 4.69) is 15.5 Å². The van der Waals surface area contributed by atoms with E-state index in [0.29, 0.717) is 5.69 Å². The van der Waals surface area contributed by atoms with Crippen molar-refractivity contribution in [1.29, 1.82) is 0 Å². The molecule has 1 aromatic carbocycles. The first-order valence-corrected chi connectivity index (χ1v) is 9.10. The molecule has 0 spiro atoms. The molecule has 1 atom stereocenters. The van der Waals surface area contributed by atoms with Gasteiger partial charge in [-0.15, -0.1) is 0 Å². The van der Waals surface area contributed by atoms with Crippen molar-refractivity contribution in [2.75, 3.05) is 5.32 Å². The van der Waals surface area contributed by atoms with Gasteiger partial charge in [0.15, 0.2) is 35.1 Å². The zero-order chi connectivity index (χ0) is 23.7. The van der Waals surface area contributed by atoms with Crippen molar-refractivity contribution < 1.29 is 31.7 Å². The Bertz CT molecular complexity index is 1180. The van der Waals surface area contributed by atoms with Gasteiger partial charge in [0.2, 0.25) is 5.82 Å². The predicted octanol–water partition coefficient (Wildman–Crippen LogP) is 3.63. The number of aryl methyl sites for hydroxylation is 1. The lowest BCUT2D eigenvalue weighted by Crippen LogP contribution is -2.27. The summed E-state index contributed by atoms with van der Waals surface area (Å²) in [6.07, 6.45) is 1.38. The van der Waals surface area contributed by atoms with E-state index in [-0.39, 0.29) is 12.2 Å². The van der Waals surface area contributed by atoms with Crippen LogP contribution in [0.1, 0.15) is 30.6 Å². The lowest BCUT2D eigenvalue weighted by Gasteiger charge is -2.13. The molecule has 0 radical (unpaired) electrons. The summed E-state index contributed by atoms with van der Waals surface area (Å²) in [6.45, 7) is 2.40. The van der Waals surface area contributed by atoms with Gasteiger partial charge in [0.05, 0.1) is 29.0 Å². The average molecular weight is 458 g/mol. The van der Waals surface area contributed by atoms with Crippen molar-refractivity contribution in [3.8, 4) is 0 Å². The summed E-state index contributed by atoms with van der Waals surface area (Å²) in [5.74, 6) is -11.5. The number of aromatic nitrogens is 4. The van der Waals surface area contributed by atoms with Gasteiger partial charge in [0.1, 0.15) is 0 Å². The first-order chi connectivity index (χ1) is 15.0. The largest absolute Gasteiger partial charge is 0.390 e. The second-order valence-corrected chi connectivity index (χ2v) is 6.71. The molecule has 1 unspecified atom stereocenters. The number of carbonyl (C=O) groups is 1. The monoisotopic (exact) mass is 458 g/mol. The van der Waals surface area contributed by atoms with Crippen LogP contribution >= 0.6 is 0 Å². The molecule has 0 saturated heterocycles. The molecule has 0 bridgehead atoms. The van der Waals surface area contributed by atoms with Crippen molar-refractivity contribution >= 4 is 17.5 Å². The molecule has 0 aliphatic carbocycles. The standard InChI is InChI=1S/C18H15F5N6O3/c1-3-10(28-8(2)6-12(26-28)29(31)32)18(30)24-11-4-5-27(25-11)7-9-13(19)15(21)17(23)16(22)14(9)20/h4-6,10H,3,7H2,1-2H3,(H,24,25,30). The van der Waals surface area contributed by atoms with Crippen LogP contribution in [-0.4, -0.2) is 30.4 Å². The summed E-state index contributed by atoms with van der Waals surface area (Å²) in [5, 5.41) is 21.0. The molecule has 9 nitrogen and oxygen atoms in total. The Hall–Kier alpha value is -3.84. The molecule has 1 N–H and O–H groups in total. The molecule has 0 fully saturated rings. The number of hydrogen-bond acceptors (Lipinski definition) is 5. The van der Waals surface area contributed by atoms with Crippen LogP contribution in [0, 0.1) is 46.1 Å². The van der Waals surface area contributed by atoms with E-state index < -0.39 is 63.9 Å². The van der Waals surface area contributed by atoms with Gasteiger partial charge in [-0.2, -0.15) is 9.78 Å². The summed E-state index contributed by atoms with van der Waals surface area (Å²) < 4.78 is 69.6. The Morgan fingerprint density at radius 3 is 2.25 bits per heavy atom. The molecule has 0 aliphatic rings. The second kappa shape index (κ2) is 8.72. The van der Waals surface area contributed by atoms with Gasteiger partial charge < -0.3 is 15.4 Å². The summed E-state index contributed by atoms with van der Waals surface area (Å²) in [4.78, 5) is 22.8. The molecule has 14 heteroatoms. The van der Waals surface area contributed by atoms with Gasteiger partial charge >= 0.3 is 5.82 Å². The van der Waals surface area contributed by atoms with Gasteiger partial charge in [-0.25, -0.2) is 22.0 Å². The van der Waals surface area contributed by atoms with Crippen molar-refractivity contribution in [3.05, 3.63) is 68.8 Å². The lowest BCUT2D eigenvalue weighted by atomic mass is 10.1. The van der Waals surface area contributed by atoms with E-state index in [1.807, 2.05) is 0 Å². The lowest BCUT2D eigenvalue weighted by molar-refractivity contribution is -0.389. The van der Waals surface area contributed by atoms with Crippen LogP contribution < -0.4 is 5.32 Å². The zero-order valence-electron chi connectivity index (χ0n) is 16.6. The normalized spacial score (nSPS) is 12.1. The molecule has 2 heterocycles. The maximum absolute atomic E-state index is 13.9. The molecule has 0 aliphatic heterocycles. The first kappa shape index (κ1) is 22.8. The summed E-state index contributed by atoms with van der Waals surface area (Å²) in [6, 6.07) is 1.52. The molecular formula is C18H15F5N6O3. The molecule has 170 valence electrons. The first-order valence-electron chi connectivity index (χ1n) is 9.10. The molecule has 1 amide bonds. The van der Waals surface area contributed by atoms with E-state index in [0.717, 1.165) is 4.68 Å². The minimum Gasteiger partial charge on any atom is -0.358 e. The Labute approximate surface area is 176 Å². The highest BCUT2D eigenvalue weighted by Crippen LogP contribution is 2.24. The smallest absolute Gasteiger partial charge is 0.358 e. The number of anilines is 1. The summed E-state index contributed by atoms with van der Waals surface area (Å²) >= 11 is 0. The molecule has 3 aromatic rings. The third kappa shape index (κ3) is 4.15. The number of rotatable bonds is 7. The fraction of sp³-hybridized carbons (Fsp3) is 0.278. The van der Waals surface area contributed by atoms with Crippen LogP contribution in [0.15, 0.2) is 18.3 Å². The molecule has 3 rings (SSSR count). The fourth-order valence-electron chi connectivity index (χ4n) is 3.02. The number of nitrogens with one attached hydrogen (secondary N) is 1. The van der Waals surface area contributed by atoms with Gasteiger partial charge in [-0.05, 0) is 18.3 Å². The third-order valence-electron chi connectivity index (χ3n) is 4.59. The minimum atomic E-state index is -2.27. The predicted molar refractivity (Wildman–Crippen MR) is 99.1 cm³/mol. The number of nitro groups is 1. The number of halogens is 5. The van der Waals surface area contributed by atoms with Gasteiger partial charge in [-0.1, -0.05) is 6.92 Å². The summed E-state index contributed by atoms with van der Waals surface area (Å²) in [5.41, 5.74) is -0.719. The highest BCUT2D eigenvalue weighted by atomic mass is 19.2. The minimum absolute atomic E-state index is 0.0726. The maximum atomic E-state index is 13.9. The Balaban J connectivity index is 1.79. The SMILES string of the molecule is CCC(C(=O)Nc1ccn(Cc2c(F)c(F)c(F)c(F)c2F)n1)n1nc([N+](=O)[O-])cc1C. The van der Waals surface area contributed by atoms with Gasteiger partial charge in [-0.3, -0.25) is 9.48 Å². The fourth-order valence-corrected chi connectivity index (χ4v) is 3.02. The van der Waals surface area contributed by atoms with E-state index in [9.17, 15) is 36.9 Å². The van der Waals surface area contributed by atoms with E-state index in [1.54, 1.807) is 6.92 Å². The van der Waals surface area contributed by atoms with E-state index in [1.165, 1.54) is 29.9 Å². The van der Waals surface area contributed by atoms with Crippen molar-refractivity contribution in [2.24, 2.45) is 0 Å². The number of benzene rings is 1. The topological polar surface area (TPSA) is 108 Å². The third-order valence-corrected chi connectivity index (χ3v) is 4.59. The zero-order valence-corrected chi connectivity index (χ0v) is 16.6. The highest BCUT2D eigenvalue weighted by Gasteiger charge is 2.28. The van der Waals surface area contributed by atoms with Gasteiger partial charge in [0.25, 0.3) is 5.91 Å². The van der Waals surface area contributed by atoms with Crippen molar-refractivity contribution in [3.63, 3.8) is 0 Å². The van der Waals surface area contributed by atoms with Crippen LogP contribution in [0.5, 0.6) is 0 Å². The molecule has 2 aromatic heterocycles. The van der Waals surface area contributed by atoms with Crippen molar-refractivity contribution in [1.82, 2.24) is 19.6 Å². The number of hydrogen-bond donors (Lipinski definition) is 1. The number of amides is 1. The quantitative estimate of drug-likeness (QED) is 0.191. The molecule has 0 saturated carbocycles. The van der Waals surface area contributed by atoms with Crippen LogP contribution in [0.3, 0.4) is 0 Å². The molecular weight excluding hydrogens is 443 g/mol. The van der Waals surface area contributed by atoms with E-state index >= 15 is 0 Å². The van der Waals surface area contributed by atoms with E-state index in [4.69, 9.17) is 0 Å². The van der Waals surface area contributed by atoms with Crippen molar-refractivity contribution in [2.45, 2.75) is 32.9 Å². The van der Waals surface area contributed by atoms with Gasteiger partial charge in [0, 0.05) is 12.3 Å². The van der Waals surface area contributed by atoms with Crippen LogP contribution in [0.4, 0.5) is 33.6 Å². The Morgan fingerprint density at radius 1 is 1.12 bits per heavy atom. The number of nitrogens with zero attached hydrogens (tertiary/aromatic N) is 5. The second-order valence-electron chi connectivity index (χ2n) is 6.71.